The Morgan fingerprint density at radius 2 is 0.728 bits per heavy atom. The van der Waals surface area contributed by atoms with Crippen molar-refractivity contribution in [1.29, 1.82) is 0 Å². The minimum atomic E-state index is -1.61. The third-order valence-electron chi connectivity index (χ3n) is 34.4. The number of hydrogen-bond donors (Lipinski definition) is 2. The van der Waals surface area contributed by atoms with Crippen molar-refractivity contribution in [3.63, 3.8) is 0 Å². The molecule has 2 aromatic heterocycles. The summed E-state index contributed by atoms with van der Waals surface area (Å²) in [4.78, 5) is 49.8. The summed E-state index contributed by atoms with van der Waals surface area (Å²) in [5.74, 6) is 6.33. The molecule has 12 aliphatic rings. The molecule has 14 atom stereocenters. The summed E-state index contributed by atoms with van der Waals surface area (Å²) < 4.78 is 15.0. The molecule has 744 valence electrons. The Bertz CT molecular complexity index is 4890. The van der Waals surface area contributed by atoms with Crippen LogP contribution in [0.25, 0.3) is 43.6 Å². The molecule has 136 heavy (non-hydrogen) atoms. The zero-order chi connectivity index (χ0) is 95.9. The number of hydrogen-bond acceptors (Lipinski definition) is 6. The van der Waals surface area contributed by atoms with Gasteiger partial charge in [-0.2, -0.15) is 0 Å². The predicted octanol–water partition coefficient (Wildman–Crippen LogP) is 32.1. The van der Waals surface area contributed by atoms with Gasteiger partial charge in [0.25, 0.3) is 0 Å². The third-order valence-corrected chi connectivity index (χ3v) is 46.6. The van der Waals surface area contributed by atoms with E-state index in [1.54, 1.807) is 206 Å². The van der Waals surface area contributed by atoms with Crippen LogP contribution in [0.1, 0.15) is 304 Å². The second-order valence-corrected chi connectivity index (χ2v) is 61.3. The number of esters is 2. The zero-order valence-electron chi connectivity index (χ0n) is 83.9. The maximum atomic E-state index is 13.3. The van der Waals surface area contributed by atoms with Gasteiger partial charge >= 0.3 is 85.3 Å². The molecule has 14 unspecified atom stereocenters. The Morgan fingerprint density at radius 1 is 0.397 bits per heavy atom. The van der Waals surface area contributed by atoms with Gasteiger partial charge in [-0.3, -0.25) is 19.2 Å². The van der Waals surface area contributed by atoms with Crippen LogP contribution in [-0.2, 0) is 55.3 Å². The summed E-state index contributed by atoms with van der Waals surface area (Å²) in [5, 5.41) is 11.7. The Balaban J connectivity index is 0.000000139. The summed E-state index contributed by atoms with van der Waals surface area (Å²) in [5.41, 5.74) is 12.5. The molecule has 12 aliphatic carbocycles. The van der Waals surface area contributed by atoms with E-state index < -0.39 is 33.0 Å². The molecule has 10 fully saturated rings. The standard InChI is InChI=1S/C39H49BrN2O3.C20H19N.2C18H33P.C17H26BrNO3.C7H6.2ClH.Ru/c1-7-26-19-29(30(20-26)23-41-36(43)38(3,4)25-39(5,40)37(44)45-6)18-17-27-21-28(8-2)31(22-27)24-42-34-15-11-9-13-32(34)33-14-10-12-16-35(33)42;1-3-7-19-17(5-1)18-6-2-4-8-20(18)21(19)13-16-12-14-9-10-15(16)11-14;2*1-4-10-16(11-5-1)19(17-12-6-2-7-13-17)18-14-8-3-9-15-18;1-16(2,10-17(3,18)15(21)22-4)14(20)19-9-13-8-11-5-6-12(13)7-11;1-7-5-3-2-4-6-7;;;/h7-18,26-31H,1-2,19-25H2,3-6H3,(H,41,43);1-10,14-16H,11-13H2;2*16-18H,1-15H2;5-6,11-13H,7-10H2,1-4H3,(H,19,20);1-6H;2*1H;/q;;;;;;;;+2/b18-17-;;;;;;;;. The van der Waals surface area contributed by atoms with E-state index in [4.69, 9.17) is 28.9 Å². The Kier molecular flexibility index (Phi) is 40.6. The molecule has 10 saturated carbocycles. The van der Waals surface area contributed by atoms with Gasteiger partial charge in [-0.15, -0.1) is 13.2 Å². The van der Waals surface area contributed by atoms with Crippen LogP contribution in [0.4, 0.5) is 0 Å². The van der Waals surface area contributed by atoms with E-state index in [2.05, 4.69) is 210 Å². The van der Waals surface area contributed by atoms with Crippen molar-refractivity contribution in [2.75, 3.05) is 27.3 Å². The van der Waals surface area contributed by atoms with Gasteiger partial charge in [0.15, 0.2) is 0 Å². The van der Waals surface area contributed by atoms with E-state index in [1.807, 2.05) is 62.6 Å². The number of carbonyl (C=O) groups excluding carboxylic acids is 4. The fraction of sp³-hybridized carbons (Fsp3) is 0.622. The van der Waals surface area contributed by atoms with E-state index in [0.29, 0.717) is 72.6 Å². The van der Waals surface area contributed by atoms with Crippen molar-refractivity contribution < 1.29 is 42.2 Å². The molecule has 4 bridgehead atoms. The van der Waals surface area contributed by atoms with E-state index in [0.717, 1.165) is 62.1 Å². The van der Waals surface area contributed by atoms with Crippen LogP contribution in [0.2, 0.25) is 0 Å². The van der Waals surface area contributed by atoms with Crippen molar-refractivity contribution in [2.45, 2.75) is 354 Å². The summed E-state index contributed by atoms with van der Waals surface area (Å²) in [6.07, 6.45) is 76.5. The molecule has 7 aromatic rings. The molecule has 2 amide bonds. The van der Waals surface area contributed by atoms with Gasteiger partial charge in [-0.05, 0) is 327 Å². The number of aromatic nitrogens is 2. The molecular weight excluding hydrogens is 1980 g/mol. The van der Waals surface area contributed by atoms with Crippen LogP contribution < -0.4 is 10.6 Å². The third kappa shape index (κ3) is 28.6. The fourth-order valence-corrected chi connectivity index (χ4v) is 41.7. The van der Waals surface area contributed by atoms with Crippen LogP contribution in [0, 0.1) is 81.8 Å². The number of rotatable bonds is 27. The summed E-state index contributed by atoms with van der Waals surface area (Å²) in [6.45, 7) is 22.8. The second kappa shape index (κ2) is 51.6. The normalized spacial score (nSPS) is 26.6. The van der Waals surface area contributed by atoms with Crippen LogP contribution in [0.5, 0.6) is 0 Å². The summed E-state index contributed by atoms with van der Waals surface area (Å²) in [6, 6.07) is 45.1. The molecule has 0 saturated heterocycles. The van der Waals surface area contributed by atoms with E-state index in [9.17, 15) is 19.2 Å². The number of amides is 2. The van der Waals surface area contributed by atoms with Gasteiger partial charge in [0.2, 0.25) is 11.8 Å². The Hall–Kier alpha value is -4.83. The first-order chi connectivity index (χ1) is 65.7. The quantitative estimate of drug-likeness (QED) is 0.0174. The number of fused-ring (bicyclic) bond motifs is 10. The van der Waals surface area contributed by atoms with Crippen molar-refractivity contribution in [3.05, 3.63) is 195 Å². The molecule has 0 aliphatic heterocycles. The predicted molar refractivity (Wildman–Crippen MR) is 588 cm³/mol. The number of nitrogens with zero attached hydrogens (tertiary/aromatic N) is 2. The van der Waals surface area contributed by atoms with Crippen LogP contribution >= 0.6 is 67.1 Å². The van der Waals surface area contributed by atoms with Crippen molar-refractivity contribution in [1.82, 2.24) is 19.8 Å². The monoisotopic (exact) mass is 2140 g/mol. The molecule has 17 heteroatoms. The number of benzene rings is 5. The average Bonchev–Trinajstić information content (AvgIpc) is 1.61. The topological polar surface area (TPSA) is 121 Å². The van der Waals surface area contributed by atoms with Crippen molar-refractivity contribution in [2.24, 2.45) is 81.8 Å². The van der Waals surface area contributed by atoms with E-state index >= 15 is 0 Å². The van der Waals surface area contributed by atoms with Crippen LogP contribution in [0.3, 0.4) is 0 Å². The number of para-hydroxylation sites is 4. The van der Waals surface area contributed by atoms with E-state index in [1.165, 1.54) is 124 Å². The Labute approximate surface area is 851 Å². The summed E-state index contributed by atoms with van der Waals surface area (Å²) in [7, 11) is 14.0. The first kappa shape index (κ1) is 107. The van der Waals surface area contributed by atoms with Crippen molar-refractivity contribution in [3.8, 4) is 0 Å². The average molecular weight is 2140 g/mol. The first-order valence-corrected chi connectivity index (χ1v) is 64.2. The van der Waals surface area contributed by atoms with Gasteiger partial charge < -0.3 is 29.2 Å². The number of methoxy groups -OCH3 is 2. The SMILES string of the molecule is C1=CC2CC1CC2Cn1c2ccccc2c2ccccc21.C1CCC([PH+](C2CCCCC2)C2CCCCC2)CC1.C1CCC([PH+](C2CCCCC2)C2CCCCC2)CC1.C=CC1CC(/C=C\C2CC(C=C)C(Cn3c4ccccc4c4ccccc43)C2)C(CNC(=O)C(C)(C)CC(C)(Br)C(=O)OC)C1.COC(=O)C(C)(Br)CC(C)(C)C(=O)NCC1CC2C=CC1C2.[Cl][Ru]([Cl])=[CH]c1ccccc1. The number of alkyl halides is 2. The molecule has 5 aromatic carbocycles. The second-order valence-electron chi connectivity index (χ2n) is 45.2. The van der Waals surface area contributed by atoms with Gasteiger partial charge in [-0.25, -0.2) is 0 Å². The molecule has 10 nitrogen and oxygen atoms in total. The first-order valence-electron chi connectivity index (χ1n) is 53.7. The van der Waals surface area contributed by atoms with Gasteiger partial charge in [0, 0.05) is 96.5 Å². The molecule has 19 rings (SSSR count). The number of nitrogens with one attached hydrogen (secondary N) is 2. The zero-order valence-corrected chi connectivity index (χ0v) is 92.4. The van der Waals surface area contributed by atoms with Crippen LogP contribution in [-0.4, -0.2) is 107 Å². The molecule has 0 spiro atoms. The molecule has 0 radical (unpaired) electrons. The molecular formula is C119H168Br2Cl2N4O6P2Ru+2. The number of halogens is 4. The van der Waals surface area contributed by atoms with Crippen LogP contribution in [0.15, 0.2) is 189 Å². The minimum absolute atomic E-state index is 0.00571. The number of ether oxygens (including phenoxy) is 2. The Morgan fingerprint density at radius 3 is 1.06 bits per heavy atom. The van der Waals surface area contributed by atoms with Gasteiger partial charge in [0.1, 0.15) is 8.65 Å². The summed E-state index contributed by atoms with van der Waals surface area (Å²) >= 11 is 5.25. The molecule has 2 N–H and O–H groups in total. The van der Waals surface area contributed by atoms with Gasteiger partial charge in [-0.1, -0.05) is 219 Å². The van der Waals surface area contributed by atoms with Crippen molar-refractivity contribution >= 4 is 139 Å². The number of carbonyl (C=O) groups is 4. The maximum absolute atomic E-state index is 13.3. The fourth-order valence-electron chi connectivity index (χ4n) is 27.7. The van der Waals surface area contributed by atoms with E-state index in [-0.39, 0.29) is 39.6 Å². The molecule has 2 heterocycles. The van der Waals surface area contributed by atoms with Gasteiger partial charge in [0.05, 0.1) is 48.2 Å². The number of allylic oxidation sites excluding steroid dienone is 8.